The zero-order valence-electron chi connectivity index (χ0n) is 18.3. The molecule has 4 rings (SSSR count). The second-order valence-electron chi connectivity index (χ2n) is 7.40. The van der Waals surface area contributed by atoms with Gasteiger partial charge in [-0.3, -0.25) is 4.68 Å². The fraction of sp³-hybridized carbons (Fsp3) is 0.208. The van der Waals surface area contributed by atoms with Crippen LogP contribution in [0, 0.1) is 5.82 Å². The molecule has 0 N–H and O–H groups in total. The van der Waals surface area contributed by atoms with Crippen molar-refractivity contribution in [3.05, 3.63) is 95.2 Å². The smallest absolute Gasteiger partial charge is 0.416 e. The van der Waals surface area contributed by atoms with E-state index in [0.717, 1.165) is 17.7 Å². The Morgan fingerprint density at radius 2 is 1.86 bits per heavy atom. The molecule has 0 atom stereocenters. The third kappa shape index (κ3) is 7.00. The minimum absolute atomic E-state index is 0.0172. The van der Waals surface area contributed by atoms with Gasteiger partial charge in [-0.25, -0.2) is 9.37 Å². The fourth-order valence-corrected chi connectivity index (χ4v) is 3.00. The summed E-state index contributed by atoms with van der Waals surface area (Å²) < 4.78 is 70.1. The summed E-state index contributed by atoms with van der Waals surface area (Å²) in [7, 11) is 0. The number of halogens is 4. The molecule has 0 spiro atoms. The maximum atomic E-state index is 13.9. The van der Waals surface area contributed by atoms with E-state index >= 15 is 0 Å². The Balaban J connectivity index is 1.24. The van der Waals surface area contributed by atoms with E-state index in [1.807, 2.05) is 24.3 Å². The van der Waals surface area contributed by atoms with Crippen LogP contribution in [0.5, 0.6) is 5.75 Å². The van der Waals surface area contributed by atoms with Crippen LogP contribution < -0.4 is 4.74 Å². The first-order valence-corrected chi connectivity index (χ1v) is 10.5. The molecule has 0 aliphatic carbocycles. The molecule has 7 nitrogen and oxygen atoms in total. The third-order valence-electron chi connectivity index (χ3n) is 4.82. The molecule has 182 valence electrons. The molecule has 4 aromatic rings. The molecule has 2 aromatic carbocycles. The highest BCUT2D eigenvalue weighted by Crippen LogP contribution is 2.30. The summed E-state index contributed by atoms with van der Waals surface area (Å²) in [4.78, 5) is 4.20. The first-order chi connectivity index (χ1) is 16.9. The number of nitrogens with zero attached hydrogens (tertiary/aromatic N) is 4. The van der Waals surface area contributed by atoms with Gasteiger partial charge in [-0.2, -0.15) is 13.2 Å². The largest absolute Gasteiger partial charge is 0.487 e. The maximum absolute atomic E-state index is 13.9. The number of rotatable bonds is 10. The van der Waals surface area contributed by atoms with Crippen LogP contribution in [0.15, 0.2) is 65.5 Å². The van der Waals surface area contributed by atoms with Gasteiger partial charge >= 0.3 is 6.18 Å². The lowest BCUT2D eigenvalue weighted by atomic mass is 10.1. The van der Waals surface area contributed by atoms with E-state index in [2.05, 4.69) is 15.3 Å². The van der Waals surface area contributed by atoms with E-state index in [1.165, 1.54) is 18.4 Å². The molecule has 11 heteroatoms. The SMILES string of the molecule is Fc1cc(C(F)(F)F)ccc1/C=C/c1nc(COc2ccc(COCCn3ccnn3)cc2)co1. The number of ether oxygens (including phenoxy) is 2. The normalized spacial score (nSPS) is 11.9. The minimum atomic E-state index is -4.60. The van der Waals surface area contributed by atoms with Gasteiger partial charge in [-0.1, -0.05) is 23.4 Å². The molecule has 0 amide bonds. The molecule has 0 fully saturated rings. The van der Waals surface area contributed by atoms with Crippen molar-refractivity contribution in [2.75, 3.05) is 6.61 Å². The number of aromatic nitrogens is 4. The van der Waals surface area contributed by atoms with Gasteiger partial charge in [0, 0.05) is 17.8 Å². The number of benzene rings is 2. The van der Waals surface area contributed by atoms with Gasteiger partial charge in [0.25, 0.3) is 0 Å². The highest BCUT2D eigenvalue weighted by molar-refractivity contribution is 5.66. The van der Waals surface area contributed by atoms with Gasteiger partial charge in [0.05, 0.1) is 31.5 Å². The van der Waals surface area contributed by atoms with E-state index in [4.69, 9.17) is 13.9 Å². The van der Waals surface area contributed by atoms with Crippen LogP contribution in [0.3, 0.4) is 0 Å². The van der Waals surface area contributed by atoms with Crippen LogP contribution in [-0.4, -0.2) is 26.6 Å². The lowest BCUT2D eigenvalue weighted by Crippen LogP contribution is -2.06. The first kappa shape index (κ1) is 24.1. The molecule has 0 aliphatic heterocycles. The van der Waals surface area contributed by atoms with Crippen molar-refractivity contribution in [1.29, 1.82) is 0 Å². The molecular formula is C24H20F4N4O3. The summed E-state index contributed by atoms with van der Waals surface area (Å²) in [5, 5.41) is 7.59. The first-order valence-electron chi connectivity index (χ1n) is 10.5. The molecule has 0 unspecified atom stereocenters. The molecule has 0 saturated carbocycles. The van der Waals surface area contributed by atoms with E-state index in [9.17, 15) is 17.6 Å². The van der Waals surface area contributed by atoms with Crippen LogP contribution in [0.1, 0.15) is 28.3 Å². The zero-order chi connectivity index (χ0) is 24.7. The Kier molecular flexibility index (Phi) is 7.56. The average molecular weight is 488 g/mol. The number of hydrogen-bond donors (Lipinski definition) is 0. The van der Waals surface area contributed by atoms with Crippen molar-refractivity contribution in [3.63, 3.8) is 0 Å². The zero-order valence-corrected chi connectivity index (χ0v) is 18.3. The third-order valence-corrected chi connectivity index (χ3v) is 4.82. The average Bonchev–Trinajstić information content (AvgIpc) is 3.52. The molecule has 0 radical (unpaired) electrons. The molecule has 0 aliphatic rings. The summed E-state index contributed by atoms with van der Waals surface area (Å²) in [6.07, 6.45) is 2.82. The lowest BCUT2D eigenvalue weighted by molar-refractivity contribution is -0.137. The van der Waals surface area contributed by atoms with Crippen molar-refractivity contribution in [3.8, 4) is 5.75 Å². The lowest BCUT2D eigenvalue weighted by Gasteiger charge is -2.07. The second kappa shape index (κ2) is 11.0. The van der Waals surface area contributed by atoms with Gasteiger partial charge in [0.15, 0.2) is 0 Å². The molecular weight excluding hydrogens is 468 g/mol. The maximum Gasteiger partial charge on any atom is 0.416 e. The van der Waals surface area contributed by atoms with E-state index in [-0.39, 0.29) is 18.1 Å². The Morgan fingerprint density at radius 3 is 2.57 bits per heavy atom. The monoisotopic (exact) mass is 488 g/mol. The van der Waals surface area contributed by atoms with Gasteiger partial charge in [-0.15, -0.1) is 5.10 Å². The predicted octanol–water partition coefficient (Wildman–Crippen LogP) is 5.39. The van der Waals surface area contributed by atoms with Crippen LogP contribution >= 0.6 is 0 Å². The topological polar surface area (TPSA) is 75.2 Å². The summed E-state index contributed by atoms with van der Waals surface area (Å²) in [6.45, 7) is 1.72. The van der Waals surface area contributed by atoms with Crippen molar-refractivity contribution in [2.24, 2.45) is 0 Å². The standard InChI is InChI=1S/C24H20F4N4O3/c25-22-13-19(24(26,27)28)5-3-18(22)4-8-23-30-20(16-35-23)15-34-21-6-1-17(2-7-21)14-33-12-11-32-10-9-29-31-32/h1-10,13,16H,11-12,14-15H2/b8-4+. The highest BCUT2D eigenvalue weighted by atomic mass is 19.4. The Morgan fingerprint density at radius 1 is 1.03 bits per heavy atom. The summed E-state index contributed by atoms with van der Waals surface area (Å²) in [6, 6.07) is 9.71. The van der Waals surface area contributed by atoms with Crippen LogP contribution in [-0.2, 0) is 30.7 Å². The highest BCUT2D eigenvalue weighted by Gasteiger charge is 2.30. The van der Waals surface area contributed by atoms with Crippen LogP contribution in [0.4, 0.5) is 17.6 Å². The Labute approximate surface area is 197 Å². The molecule has 0 bridgehead atoms. The number of alkyl halides is 3. The summed E-state index contributed by atoms with van der Waals surface area (Å²) >= 11 is 0. The predicted molar refractivity (Wildman–Crippen MR) is 117 cm³/mol. The minimum Gasteiger partial charge on any atom is -0.487 e. The van der Waals surface area contributed by atoms with E-state index < -0.39 is 17.6 Å². The van der Waals surface area contributed by atoms with Gasteiger partial charge in [0.2, 0.25) is 5.89 Å². The van der Waals surface area contributed by atoms with Crippen molar-refractivity contribution < 1.29 is 31.5 Å². The molecule has 35 heavy (non-hydrogen) atoms. The number of oxazole rings is 1. The van der Waals surface area contributed by atoms with E-state index in [1.54, 1.807) is 17.1 Å². The number of hydrogen-bond acceptors (Lipinski definition) is 6. The van der Waals surface area contributed by atoms with Crippen LogP contribution in [0.25, 0.3) is 12.2 Å². The van der Waals surface area contributed by atoms with Crippen molar-refractivity contribution in [2.45, 2.75) is 25.9 Å². The van der Waals surface area contributed by atoms with Crippen molar-refractivity contribution >= 4 is 12.2 Å². The molecule has 2 heterocycles. The summed E-state index contributed by atoms with van der Waals surface area (Å²) in [5.74, 6) is -0.195. The molecule has 0 saturated heterocycles. The second-order valence-corrected chi connectivity index (χ2v) is 7.40. The fourth-order valence-electron chi connectivity index (χ4n) is 3.00. The van der Waals surface area contributed by atoms with Gasteiger partial charge < -0.3 is 13.9 Å². The van der Waals surface area contributed by atoms with E-state index in [0.29, 0.717) is 37.3 Å². The quantitative estimate of drug-likeness (QED) is 0.220. The van der Waals surface area contributed by atoms with Crippen LogP contribution in [0.2, 0.25) is 0 Å². The summed E-state index contributed by atoms with van der Waals surface area (Å²) in [5.41, 5.74) is 0.418. The Hall–Kier alpha value is -3.99. The van der Waals surface area contributed by atoms with Gasteiger partial charge in [0.1, 0.15) is 30.1 Å². The van der Waals surface area contributed by atoms with Crippen molar-refractivity contribution in [1.82, 2.24) is 20.0 Å². The molecule has 2 aromatic heterocycles. The van der Waals surface area contributed by atoms with Gasteiger partial charge in [-0.05, 0) is 35.9 Å². The Bertz CT molecular complexity index is 1250.